The molecule has 0 aromatic heterocycles. The van der Waals surface area contributed by atoms with Crippen LogP contribution >= 0.6 is 22.4 Å². The van der Waals surface area contributed by atoms with Crippen molar-refractivity contribution in [3.8, 4) is 0 Å². The molecule has 0 unspecified atom stereocenters. The summed E-state index contributed by atoms with van der Waals surface area (Å²) in [6.07, 6.45) is 2.26. The van der Waals surface area contributed by atoms with E-state index in [1.54, 1.807) is 0 Å². The molecule has 0 aliphatic carbocycles. The maximum atomic E-state index is 2.56. The quantitative estimate of drug-likeness (QED) is 0.414. The first kappa shape index (κ1) is 20.9. The molecular formula is C21H32S2Si2. The summed E-state index contributed by atoms with van der Waals surface area (Å²) in [5.74, 6) is 0. The highest BCUT2D eigenvalue weighted by molar-refractivity contribution is 8.32. The molecule has 0 nitrogen and oxygen atoms in total. The molecule has 0 fully saturated rings. The van der Waals surface area contributed by atoms with Crippen molar-refractivity contribution in [1.29, 1.82) is 0 Å². The maximum Gasteiger partial charge on any atom is 0.115 e. The van der Waals surface area contributed by atoms with Gasteiger partial charge in [-0.2, -0.15) is 22.4 Å². The highest BCUT2D eigenvalue weighted by Gasteiger charge is 2.34. The SMILES string of the molecule is CCc1ccccc1S[Si](C)(C)C[Si](C)(C)Sc1ccccc1CC. The summed E-state index contributed by atoms with van der Waals surface area (Å²) in [4.78, 5) is 3.04. The highest BCUT2D eigenvalue weighted by Crippen LogP contribution is 2.42. The Morgan fingerprint density at radius 1 is 0.640 bits per heavy atom. The minimum Gasteiger partial charge on any atom is -0.151 e. The number of hydrogen-bond acceptors (Lipinski definition) is 2. The Hall–Kier alpha value is -0.426. The topological polar surface area (TPSA) is 0 Å². The zero-order valence-electron chi connectivity index (χ0n) is 16.6. The molecule has 0 heterocycles. The van der Waals surface area contributed by atoms with Crippen molar-refractivity contribution < 1.29 is 0 Å². The fourth-order valence-corrected chi connectivity index (χ4v) is 27.8. The standard InChI is InChI=1S/C21H32S2Si2/c1-7-18-13-9-11-15-20(18)22-24(3,4)17-25(5,6)23-21-16-12-10-14-19(21)8-2/h9-16H,7-8,17H2,1-6H3. The zero-order valence-corrected chi connectivity index (χ0v) is 20.2. The molecule has 0 radical (unpaired) electrons. The van der Waals surface area contributed by atoms with Crippen LogP contribution < -0.4 is 0 Å². The van der Waals surface area contributed by atoms with Crippen LogP contribution in [0, 0.1) is 0 Å². The normalized spacial score (nSPS) is 12.4. The van der Waals surface area contributed by atoms with E-state index in [0.29, 0.717) is 0 Å². The third-order valence-corrected chi connectivity index (χ3v) is 20.7. The molecule has 0 amide bonds. The Bertz CT molecular complexity index is 636. The second kappa shape index (κ2) is 8.98. The van der Waals surface area contributed by atoms with Gasteiger partial charge in [0.15, 0.2) is 0 Å². The zero-order chi connectivity index (χ0) is 18.5. The van der Waals surface area contributed by atoms with E-state index < -0.39 is 14.4 Å². The molecule has 0 aliphatic rings. The molecule has 0 saturated carbocycles. The maximum absolute atomic E-state index is 2.56. The number of rotatable bonds is 8. The van der Waals surface area contributed by atoms with Crippen molar-refractivity contribution in [3.05, 3.63) is 59.7 Å². The Morgan fingerprint density at radius 2 is 1.00 bits per heavy atom. The van der Waals surface area contributed by atoms with E-state index in [-0.39, 0.29) is 0 Å². The lowest BCUT2D eigenvalue weighted by Crippen LogP contribution is -2.35. The van der Waals surface area contributed by atoms with Crippen LogP contribution in [0.3, 0.4) is 0 Å². The summed E-state index contributed by atoms with van der Waals surface area (Å²) in [6, 6.07) is 18.0. The largest absolute Gasteiger partial charge is 0.151 e. The van der Waals surface area contributed by atoms with Crippen molar-refractivity contribution in [2.75, 3.05) is 0 Å². The predicted octanol–water partition coefficient (Wildman–Crippen LogP) is 7.65. The Kier molecular flexibility index (Phi) is 7.50. The number of benzene rings is 2. The summed E-state index contributed by atoms with van der Waals surface area (Å²) in [6.45, 7) is 14.8. The second-order valence-corrected chi connectivity index (χ2v) is 25.4. The van der Waals surface area contributed by atoms with Crippen LogP contribution in [-0.2, 0) is 12.8 Å². The van der Waals surface area contributed by atoms with Gasteiger partial charge in [-0.05, 0) is 41.8 Å². The average molecular weight is 405 g/mol. The van der Waals surface area contributed by atoms with Crippen molar-refractivity contribution in [2.45, 2.75) is 68.3 Å². The monoisotopic (exact) mass is 404 g/mol. The minimum absolute atomic E-state index is 1.13. The van der Waals surface area contributed by atoms with Crippen molar-refractivity contribution in [2.24, 2.45) is 0 Å². The van der Waals surface area contributed by atoms with Crippen molar-refractivity contribution in [1.82, 2.24) is 0 Å². The van der Waals surface area contributed by atoms with Crippen LogP contribution in [0.15, 0.2) is 58.3 Å². The van der Waals surface area contributed by atoms with Gasteiger partial charge in [0, 0.05) is 9.79 Å². The van der Waals surface area contributed by atoms with Crippen LogP contribution in [-0.4, -0.2) is 14.4 Å². The van der Waals surface area contributed by atoms with E-state index in [1.165, 1.54) is 26.6 Å². The van der Waals surface area contributed by atoms with Crippen LogP contribution in [0.2, 0.25) is 31.9 Å². The molecule has 2 aromatic rings. The Balaban J connectivity index is 2.12. The molecule has 2 rings (SSSR count). The van der Waals surface area contributed by atoms with Gasteiger partial charge in [-0.15, -0.1) is 0 Å². The van der Waals surface area contributed by atoms with E-state index >= 15 is 0 Å². The Morgan fingerprint density at radius 3 is 1.36 bits per heavy atom. The first-order valence-electron chi connectivity index (χ1n) is 9.30. The van der Waals surface area contributed by atoms with Gasteiger partial charge in [0.05, 0.1) is 0 Å². The van der Waals surface area contributed by atoms with Crippen LogP contribution in [0.4, 0.5) is 0 Å². The van der Waals surface area contributed by atoms with Gasteiger partial charge >= 0.3 is 0 Å². The summed E-state index contributed by atoms with van der Waals surface area (Å²) < 4.78 is 0. The van der Waals surface area contributed by atoms with Gasteiger partial charge in [-0.3, -0.25) is 0 Å². The first-order valence-corrected chi connectivity index (χ1v) is 18.8. The van der Waals surface area contributed by atoms with E-state index in [0.717, 1.165) is 12.8 Å². The fourth-order valence-electron chi connectivity index (χ4n) is 3.48. The number of aryl methyl sites for hydroxylation is 2. The lowest BCUT2D eigenvalue weighted by molar-refractivity contribution is 1.08. The molecule has 2 aromatic carbocycles. The average Bonchev–Trinajstić information content (AvgIpc) is 2.54. The third kappa shape index (κ3) is 6.35. The summed E-state index contributed by atoms with van der Waals surface area (Å²) in [5.41, 5.74) is 4.46. The lowest BCUT2D eigenvalue weighted by atomic mass is 10.2. The molecule has 0 N–H and O–H groups in total. The molecule has 0 bridgehead atoms. The van der Waals surface area contributed by atoms with E-state index in [1.807, 2.05) is 0 Å². The molecule has 0 spiro atoms. The predicted molar refractivity (Wildman–Crippen MR) is 123 cm³/mol. The lowest BCUT2D eigenvalue weighted by Gasteiger charge is -2.32. The van der Waals surface area contributed by atoms with Crippen molar-refractivity contribution in [3.63, 3.8) is 0 Å². The third-order valence-electron chi connectivity index (χ3n) is 4.33. The molecule has 0 saturated heterocycles. The van der Waals surface area contributed by atoms with Gasteiger partial charge in [-0.25, -0.2) is 0 Å². The van der Waals surface area contributed by atoms with Gasteiger partial charge in [-0.1, -0.05) is 76.4 Å². The van der Waals surface area contributed by atoms with Gasteiger partial charge in [0.2, 0.25) is 0 Å². The smallest absolute Gasteiger partial charge is 0.115 e. The Labute approximate surface area is 164 Å². The van der Waals surface area contributed by atoms with E-state index in [4.69, 9.17) is 0 Å². The van der Waals surface area contributed by atoms with E-state index in [2.05, 4.69) is 111 Å². The van der Waals surface area contributed by atoms with Gasteiger partial charge < -0.3 is 0 Å². The summed E-state index contributed by atoms with van der Waals surface area (Å²) in [7, 11) is -2.70. The molecule has 0 atom stereocenters. The molecule has 0 aliphatic heterocycles. The minimum atomic E-state index is -1.35. The summed E-state index contributed by atoms with van der Waals surface area (Å²) in [5, 5.41) is 0. The molecular weight excluding hydrogens is 373 g/mol. The van der Waals surface area contributed by atoms with Gasteiger partial charge in [0.1, 0.15) is 14.4 Å². The highest BCUT2D eigenvalue weighted by atomic mass is 32.4. The fraction of sp³-hybridized carbons (Fsp3) is 0.429. The van der Waals surface area contributed by atoms with Crippen LogP contribution in [0.5, 0.6) is 0 Å². The molecule has 136 valence electrons. The van der Waals surface area contributed by atoms with Gasteiger partial charge in [0.25, 0.3) is 0 Å². The van der Waals surface area contributed by atoms with Crippen LogP contribution in [0.1, 0.15) is 25.0 Å². The summed E-state index contributed by atoms with van der Waals surface area (Å²) >= 11 is 4.41. The molecule has 25 heavy (non-hydrogen) atoms. The number of hydrogen-bond donors (Lipinski definition) is 0. The van der Waals surface area contributed by atoms with Crippen molar-refractivity contribution >= 4 is 36.9 Å². The van der Waals surface area contributed by atoms with E-state index in [9.17, 15) is 0 Å². The molecule has 4 heteroatoms. The van der Waals surface area contributed by atoms with Crippen LogP contribution in [0.25, 0.3) is 0 Å². The second-order valence-electron chi connectivity index (χ2n) is 7.82. The first-order chi connectivity index (χ1) is 11.8.